The molecule has 1 amide bonds. The summed E-state index contributed by atoms with van der Waals surface area (Å²) in [7, 11) is 3.95. The number of aliphatic hydroxyl groups is 1. The molecule has 2 aliphatic heterocycles. The van der Waals surface area contributed by atoms with Gasteiger partial charge in [-0.2, -0.15) is 0 Å². The highest BCUT2D eigenvalue weighted by Crippen LogP contribution is 2.41. The van der Waals surface area contributed by atoms with E-state index in [-0.39, 0.29) is 17.4 Å². The van der Waals surface area contributed by atoms with Gasteiger partial charge in [-0.25, -0.2) is 0 Å². The molecule has 4 rings (SSSR count). The van der Waals surface area contributed by atoms with E-state index in [1.165, 1.54) is 0 Å². The summed E-state index contributed by atoms with van der Waals surface area (Å²) in [5.41, 5.74) is 2.39. The summed E-state index contributed by atoms with van der Waals surface area (Å²) < 4.78 is 11.6. The van der Waals surface area contributed by atoms with Crippen LogP contribution in [0, 0.1) is 0 Å². The van der Waals surface area contributed by atoms with Gasteiger partial charge in [0.25, 0.3) is 11.7 Å². The minimum atomic E-state index is -0.666. The Hall–Kier alpha value is -3.32. The van der Waals surface area contributed by atoms with Crippen LogP contribution in [0.15, 0.2) is 48.0 Å². The van der Waals surface area contributed by atoms with Crippen molar-refractivity contribution in [3.8, 4) is 11.5 Å². The molecule has 0 spiro atoms. The Kier molecular flexibility index (Phi) is 7.99. The second kappa shape index (κ2) is 11.2. The normalized spacial score (nSPS) is 20.6. The third-order valence-corrected chi connectivity index (χ3v) is 6.68. The quantitative estimate of drug-likeness (QED) is 0.227. The number of carbonyl (C=O) groups is 2. The van der Waals surface area contributed by atoms with Crippen molar-refractivity contribution >= 4 is 17.4 Å². The van der Waals surface area contributed by atoms with Crippen LogP contribution in [0.4, 0.5) is 0 Å². The second-order valence-electron chi connectivity index (χ2n) is 9.88. The van der Waals surface area contributed by atoms with Gasteiger partial charge in [0.2, 0.25) is 0 Å². The van der Waals surface area contributed by atoms with Crippen LogP contribution in [-0.4, -0.2) is 66.5 Å². The molecule has 0 aliphatic carbocycles. The van der Waals surface area contributed by atoms with Crippen LogP contribution in [0.3, 0.4) is 0 Å². The zero-order valence-electron chi connectivity index (χ0n) is 21.6. The highest BCUT2D eigenvalue weighted by Gasteiger charge is 2.45. The lowest BCUT2D eigenvalue weighted by Gasteiger charge is -2.26. The molecule has 0 saturated carbocycles. The summed E-state index contributed by atoms with van der Waals surface area (Å²) in [4.78, 5) is 30.1. The Bertz CT molecular complexity index is 1140. The van der Waals surface area contributed by atoms with Gasteiger partial charge in [0, 0.05) is 18.5 Å². The van der Waals surface area contributed by atoms with Gasteiger partial charge in [0.1, 0.15) is 23.4 Å². The van der Waals surface area contributed by atoms with Gasteiger partial charge in [-0.05, 0) is 81.9 Å². The maximum atomic E-state index is 13.3. The maximum absolute atomic E-state index is 13.3. The smallest absolute Gasteiger partial charge is 0.295 e. The topological polar surface area (TPSA) is 79.3 Å². The van der Waals surface area contributed by atoms with Crippen LogP contribution in [0.25, 0.3) is 5.76 Å². The number of likely N-dealkylation sites (tertiary alicyclic amines) is 1. The summed E-state index contributed by atoms with van der Waals surface area (Å²) in [5, 5.41) is 11.4. The molecule has 2 atom stereocenters. The Labute approximate surface area is 213 Å². The predicted octanol–water partition coefficient (Wildman–Crippen LogP) is 4.56. The van der Waals surface area contributed by atoms with E-state index in [9.17, 15) is 14.7 Å². The highest BCUT2D eigenvalue weighted by molar-refractivity contribution is 6.46. The lowest BCUT2D eigenvalue weighted by Crippen LogP contribution is -2.32. The summed E-state index contributed by atoms with van der Waals surface area (Å²) in [5.74, 6) is 0.138. The SMILES string of the molecule is CCCCOc1ccc(C2/C(=C(\O)c3ccc4c(c3)CC(C)O4)C(=O)C(=O)N2CCCN(C)C)cc1. The van der Waals surface area contributed by atoms with Gasteiger partial charge in [-0.15, -0.1) is 0 Å². The predicted molar refractivity (Wildman–Crippen MR) is 139 cm³/mol. The fourth-order valence-electron chi connectivity index (χ4n) is 4.82. The molecule has 0 aromatic heterocycles. The van der Waals surface area contributed by atoms with E-state index in [4.69, 9.17) is 9.47 Å². The van der Waals surface area contributed by atoms with E-state index in [0.717, 1.165) is 48.4 Å². The minimum absolute atomic E-state index is 0.0673. The number of Topliss-reactive ketones (excluding diaryl/α,β-unsaturated/α-hetero) is 1. The third kappa shape index (κ3) is 5.41. The number of hydrogen-bond donors (Lipinski definition) is 1. The molecule has 192 valence electrons. The van der Waals surface area contributed by atoms with Crippen molar-refractivity contribution < 1.29 is 24.2 Å². The summed E-state index contributed by atoms with van der Waals surface area (Å²) >= 11 is 0. The Balaban J connectivity index is 1.71. The third-order valence-electron chi connectivity index (χ3n) is 6.68. The van der Waals surface area contributed by atoms with E-state index in [1.807, 2.05) is 62.3 Å². The number of ketones is 1. The fourth-order valence-corrected chi connectivity index (χ4v) is 4.82. The average Bonchev–Trinajstić information content (AvgIpc) is 3.35. The summed E-state index contributed by atoms with van der Waals surface area (Å²) in [6.07, 6.45) is 3.53. The molecule has 0 bridgehead atoms. The van der Waals surface area contributed by atoms with Gasteiger partial charge in [0.05, 0.1) is 18.2 Å². The summed E-state index contributed by atoms with van der Waals surface area (Å²) in [6, 6.07) is 12.2. The fraction of sp³-hybridized carbons (Fsp3) is 0.448. The Morgan fingerprint density at radius 2 is 1.89 bits per heavy atom. The molecule has 2 unspecified atom stereocenters. The number of rotatable bonds is 10. The van der Waals surface area contributed by atoms with Crippen LogP contribution in [0.5, 0.6) is 11.5 Å². The van der Waals surface area contributed by atoms with E-state index < -0.39 is 17.7 Å². The first-order valence-electron chi connectivity index (χ1n) is 12.8. The van der Waals surface area contributed by atoms with Gasteiger partial charge < -0.3 is 24.4 Å². The maximum Gasteiger partial charge on any atom is 0.295 e. The standard InChI is InChI=1S/C29H36N2O5/c1-5-6-16-35-23-11-8-20(9-12-23)26-25(28(33)29(34)31(26)15-7-14-30(3)4)27(32)21-10-13-24-22(18-21)17-19(2)36-24/h8-13,18-19,26,32H,5-7,14-17H2,1-4H3/b27-25+. The molecule has 2 aromatic carbocycles. The minimum Gasteiger partial charge on any atom is -0.507 e. The van der Waals surface area contributed by atoms with Crippen LogP contribution in [0.1, 0.15) is 55.8 Å². The number of amides is 1. The molecule has 1 fully saturated rings. The number of hydrogen-bond acceptors (Lipinski definition) is 6. The number of carbonyl (C=O) groups excluding carboxylic acids is 2. The van der Waals surface area contributed by atoms with Gasteiger partial charge in [-0.1, -0.05) is 25.5 Å². The van der Waals surface area contributed by atoms with Crippen molar-refractivity contribution in [1.82, 2.24) is 9.80 Å². The zero-order chi connectivity index (χ0) is 25.8. The summed E-state index contributed by atoms with van der Waals surface area (Å²) in [6.45, 7) is 5.94. The molecule has 2 heterocycles. The lowest BCUT2D eigenvalue weighted by atomic mass is 9.94. The first-order valence-corrected chi connectivity index (χ1v) is 12.8. The van der Waals surface area contributed by atoms with Crippen molar-refractivity contribution in [2.45, 2.75) is 51.7 Å². The van der Waals surface area contributed by atoms with Crippen molar-refractivity contribution in [1.29, 1.82) is 0 Å². The Morgan fingerprint density at radius 3 is 2.58 bits per heavy atom. The van der Waals surface area contributed by atoms with E-state index in [2.05, 4.69) is 6.92 Å². The molecule has 7 heteroatoms. The van der Waals surface area contributed by atoms with Crippen molar-refractivity contribution in [2.24, 2.45) is 0 Å². The largest absolute Gasteiger partial charge is 0.507 e. The van der Waals surface area contributed by atoms with E-state index in [1.54, 1.807) is 11.0 Å². The molecule has 2 aromatic rings. The molecule has 36 heavy (non-hydrogen) atoms. The Morgan fingerprint density at radius 1 is 1.14 bits per heavy atom. The van der Waals surface area contributed by atoms with Crippen LogP contribution in [0.2, 0.25) is 0 Å². The number of unbranched alkanes of at least 4 members (excludes halogenated alkanes) is 1. The second-order valence-corrected chi connectivity index (χ2v) is 9.88. The van der Waals surface area contributed by atoms with Gasteiger partial charge >= 0.3 is 0 Å². The molecule has 1 saturated heterocycles. The number of aliphatic hydroxyl groups excluding tert-OH is 1. The zero-order valence-corrected chi connectivity index (χ0v) is 21.6. The first-order chi connectivity index (χ1) is 17.3. The molecular formula is C29H36N2O5. The number of fused-ring (bicyclic) bond motifs is 1. The van der Waals surface area contributed by atoms with E-state index >= 15 is 0 Å². The average molecular weight is 493 g/mol. The van der Waals surface area contributed by atoms with Crippen LogP contribution < -0.4 is 9.47 Å². The van der Waals surface area contributed by atoms with Gasteiger partial charge in [-0.3, -0.25) is 9.59 Å². The van der Waals surface area contributed by atoms with Crippen LogP contribution >= 0.6 is 0 Å². The number of benzene rings is 2. The molecule has 2 aliphatic rings. The number of ether oxygens (including phenoxy) is 2. The monoisotopic (exact) mass is 492 g/mol. The van der Waals surface area contributed by atoms with Crippen molar-refractivity contribution in [2.75, 3.05) is 33.8 Å². The van der Waals surface area contributed by atoms with Gasteiger partial charge in [0.15, 0.2) is 0 Å². The molecule has 0 radical (unpaired) electrons. The molecule has 7 nitrogen and oxygen atoms in total. The molecule has 1 N–H and O–H groups in total. The molecular weight excluding hydrogens is 456 g/mol. The highest BCUT2D eigenvalue weighted by atomic mass is 16.5. The van der Waals surface area contributed by atoms with Crippen molar-refractivity contribution in [3.05, 3.63) is 64.7 Å². The van der Waals surface area contributed by atoms with Crippen LogP contribution in [-0.2, 0) is 16.0 Å². The lowest BCUT2D eigenvalue weighted by molar-refractivity contribution is -0.139. The van der Waals surface area contributed by atoms with Crippen molar-refractivity contribution in [3.63, 3.8) is 0 Å². The first kappa shape index (κ1) is 25.8. The van der Waals surface area contributed by atoms with E-state index in [0.29, 0.717) is 25.1 Å². The number of nitrogens with zero attached hydrogens (tertiary/aromatic N) is 2.